The van der Waals surface area contributed by atoms with Crippen LogP contribution in [0, 0.1) is 0 Å². The number of anilines is 2. The van der Waals surface area contributed by atoms with Crippen molar-refractivity contribution in [3.05, 3.63) is 6.20 Å². The van der Waals surface area contributed by atoms with Gasteiger partial charge in [-0.1, -0.05) is 0 Å². The van der Waals surface area contributed by atoms with E-state index in [-0.39, 0.29) is 6.61 Å². The minimum absolute atomic E-state index is 0.0856. The maximum Gasteiger partial charge on any atom is 0.147 e. The van der Waals surface area contributed by atoms with Crippen molar-refractivity contribution >= 4 is 11.5 Å². The van der Waals surface area contributed by atoms with Gasteiger partial charge < -0.3 is 21.1 Å². The van der Waals surface area contributed by atoms with Crippen LogP contribution in [-0.2, 0) is 6.54 Å². The van der Waals surface area contributed by atoms with Crippen molar-refractivity contribution in [3.8, 4) is 0 Å². The molecule has 0 aliphatic carbocycles. The van der Waals surface area contributed by atoms with Crippen LogP contribution >= 0.6 is 0 Å². The lowest BCUT2D eigenvalue weighted by molar-refractivity contribution is 0.310. The van der Waals surface area contributed by atoms with Gasteiger partial charge in [0.15, 0.2) is 0 Å². The molecule has 0 aliphatic rings. The maximum atomic E-state index is 8.76. The van der Waals surface area contributed by atoms with E-state index in [1.54, 1.807) is 6.20 Å². The smallest absolute Gasteiger partial charge is 0.147 e. The highest BCUT2D eigenvalue weighted by atomic mass is 16.3. The Morgan fingerprint density at radius 2 is 2.31 bits per heavy atom. The molecule has 0 saturated carbocycles. The van der Waals surface area contributed by atoms with Crippen LogP contribution in [0.3, 0.4) is 0 Å². The summed E-state index contributed by atoms with van der Waals surface area (Å²) >= 11 is 0. The quantitative estimate of drug-likeness (QED) is 0.602. The number of aliphatic hydroxyl groups is 1. The largest absolute Gasteiger partial charge is 0.395 e. The van der Waals surface area contributed by atoms with Crippen molar-refractivity contribution in [1.82, 2.24) is 14.7 Å². The van der Waals surface area contributed by atoms with E-state index < -0.39 is 0 Å². The van der Waals surface area contributed by atoms with Gasteiger partial charge >= 0.3 is 0 Å². The maximum absolute atomic E-state index is 8.76. The number of rotatable bonds is 7. The van der Waals surface area contributed by atoms with E-state index in [1.165, 1.54) is 0 Å². The third-order valence-corrected chi connectivity index (χ3v) is 2.25. The standard InChI is InChI=1S/C10H21N5O/c1-14(2)5-3-6-15-10(12-4-7-16)9(11)8-13-15/h8,12,16H,3-7,11H2,1-2H3. The van der Waals surface area contributed by atoms with Gasteiger partial charge in [0.05, 0.1) is 18.5 Å². The number of hydrogen-bond acceptors (Lipinski definition) is 5. The summed E-state index contributed by atoms with van der Waals surface area (Å²) in [5, 5.41) is 16.0. The zero-order chi connectivity index (χ0) is 12.0. The van der Waals surface area contributed by atoms with E-state index in [1.807, 2.05) is 18.8 Å². The van der Waals surface area contributed by atoms with E-state index in [0.29, 0.717) is 12.2 Å². The second-order valence-electron chi connectivity index (χ2n) is 3.98. The van der Waals surface area contributed by atoms with E-state index in [9.17, 15) is 0 Å². The first-order chi connectivity index (χ1) is 7.65. The second kappa shape index (κ2) is 6.34. The second-order valence-corrected chi connectivity index (χ2v) is 3.98. The topological polar surface area (TPSA) is 79.3 Å². The Hall–Kier alpha value is -1.27. The molecule has 0 unspecified atom stereocenters. The van der Waals surface area contributed by atoms with Crippen molar-refractivity contribution in [3.63, 3.8) is 0 Å². The fourth-order valence-corrected chi connectivity index (χ4v) is 1.47. The Balaban J connectivity index is 2.51. The van der Waals surface area contributed by atoms with Crippen LogP contribution in [0.15, 0.2) is 6.20 Å². The van der Waals surface area contributed by atoms with Crippen LogP contribution in [0.1, 0.15) is 6.42 Å². The van der Waals surface area contributed by atoms with Crippen LogP contribution in [-0.4, -0.2) is 53.6 Å². The summed E-state index contributed by atoms with van der Waals surface area (Å²) < 4.78 is 1.84. The van der Waals surface area contributed by atoms with E-state index in [4.69, 9.17) is 10.8 Å². The first-order valence-corrected chi connectivity index (χ1v) is 5.46. The Bertz CT molecular complexity index is 310. The monoisotopic (exact) mass is 227 g/mol. The molecule has 1 heterocycles. The van der Waals surface area contributed by atoms with Crippen LogP contribution in [0.2, 0.25) is 0 Å². The van der Waals surface area contributed by atoms with Gasteiger partial charge in [0.1, 0.15) is 5.82 Å². The first-order valence-electron chi connectivity index (χ1n) is 5.46. The summed E-state index contributed by atoms with van der Waals surface area (Å²) in [7, 11) is 4.09. The van der Waals surface area contributed by atoms with Crippen LogP contribution in [0.5, 0.6) is 0 Å². The molecular formula is C10H21N5O. The number of nitrogens with zero attached hydrogens (tertiary/aromatic N) is 3. The first kappa shape index (κ1) is 12.8. The lowest BCUT2D eigenvalue weighted by atomic mass is 10.4. The molecule has 0 spiro atoms. The molecular weight excluding hydrogens is 206 g/mol. The average Bonchev–Trinajstić information content (AvgIpc) is 2.57. The molecule has 1 rings (SSSR count). The fraction of sp³-hybridized carbons (Fsp3) is 0.700. The predicted octanol–water partition coefficient (Wildman–Crippen LogP) is -0.179. The van der Waals surface area contributed by atoms with E-state index in [0.717, 1.165) is 25.3 Å². The Morgan fingerprint density at radius 1 is 1.56 bits per heavy atom. The molecule has 0 atom stereocenters. The predicted molar refractivity (Wildman–Crippen MR) is 65.4 cm³/mol. The zero-order valence-corrected chi connectivity index (χ0v) is 9.98. The number of nitrogens with one attached hydrogen (secondary N) is 1. The molecule has 0 aliphatic heterocycles. The molecule has 6 heteroatoms. The minimum atomic E-state index is 0.0856. The summed E-state index contributed by atoms with van der Waals surface area (Å²) in [6.45, 7) is 2.41. The van der Waals surface area contributed by atoms with Crippen LogP contribution in [0.4, 0.5) is 11.5 Å². The highest BCUT2D eigenvalue weighted by Crippen LogP contribution is 2.17. The van der Waals surface area contributed by atoms with Gasteiger partial charge in [0, 0.05) is 13.1 Å². The van der Waals surface area contributed by atoms with Gasteiger partial charge in [-0.25, -0.2) is 4.68 Å². The fourth-order valence-electron chi connectivity index (χ4n) is 1.47. The van der Waals surface area contributed by atoms with Crippen molar-refractivity contribution in [2.45, 2.75) is 13.0 Å². The number of aryl methyl sites for hydroxylation is 1. The summed E-state index contributed by atoms with van der Waals surface area (Å²) in [4.78, 5) is 2.13. The van der Waals surface area contributed by atoms with Gasteiger partial charge in [0.25, 0.3) is 0 Å². The summed E-state index contributed by atoms with van der Waals surface area (Å²) in [5.74, 6) is 0.799. The van der Waals surface area contributed by atoms with Crippen molar-refractivity contribution < 1.29 is 5.11 Å². The molecule has 0 radical (unpaired) electrons. The zero-order valence-electron chi connectivity index (χ0n) is 9.98. The van der Waals surface area contributed by atoms with Gasteiger partial charge in [-0.15, -0.1) is 0 Å². The molecule has 6 nitrogen and oxygen atoms in total. The lowest BCUT2D eigenvalue weighted by Crippen LogP contribution is -2.17. The van der Waals surface area contributed by atoms with Gasteiger partial charge in [-0.3, -0.25) is 0 Å². The molecule has 0 fully saturated rings. The Morgan fingerprint density at radius 3 is 2.94 bits per heavy atom. The third-order valence-electron chi connectivity index (χ3n) is 2.25. The van der Waals surface area contributed by atoms with Crippen molar-refractivity contribution in [1.29, 1.82) is 0 Å². The SMILES string of the molecule is CN(C)CCCn1ncc(N)c1NCCO. The number of aromatic nitrogens is 2. The van der Waals surface area contributed by atoms with Gasteiger partial charge in [0.2, 0.25) is 0 Å². The van der Waals surface area contributed by atoms with Gasteiger partial charge in [-0.2, -0.15) is 5.10 Å². The normalized spacial score (nSPS) is 11.0. The molecule has 0 saturated heterocycles. The highest BCUT2D eigenvalue weighted by Gasteiger charge is 2.06. The van der Waals surface area contributed by atoms with E-state index in [2.05, 4.69) is 15.3 Å². The molecule has 1 aromatic heterocycles. The molecule has 0 bridgehead atoms. The number of nitrogen functional groups attached to an aromatic ring is 1. The van der Waals surface area contributed by atoms with Crippen LogP contribution < -0.4 is 11.1 Å². The lowest BCUT2D eigenvalue weighted by Gasteiger charge is -2.12. The number of hydrogen-bond donors (Lipinski definition) is 3. The average molecular weight is 227 g/mol. The molecule has 4 N–H and O–H groups in total. The number of aliphatic hydroxyl groups excluding tert-OH is 1. The summed E-state index contributed by atoms with van der Waals surface area (Å²) in [5.41, 5.74) is 6.40. The minimum Gasteiger partial charge on any atom is -0.395 e. The highest BCUT2D eigenvalue weighted by molar-refractivity contribution is 5.60. The van der Waals surface area contributed by atoms with Crippen molar-refractivity contribution in [2.24, 2.45) is 0 Å². The summed E-state index contributed by atoms with van der Waals surface area (Å²) in [6.07, 6.45) is 2.65. The van der Waals surface area contributed by atoms with Crippen LogP contribution in [0.25, 0.3) is 0 Å². The molecule has 0 amide bonds. The molecule has 1 aromatic rings. The van der Waals surface area contributed by atoms with Crippen molar-refractivity contribution in [2.75, 3.05) is 44.8 Å². The molecule has 92 valence electrons. The van der Waals surface area contributed by atoms with E-state index >= 15 is 0 Å². The Kier molecular flexibility index (Phi) is 5.07. The molecule has 16 heavy (non-hydrogen) atoms. The number of nitrogens with two attached hydrogens (primary N) is 1. The molecule has 0 aromatic carbocycles. The van der Waals surface area contributed by atoms with Gasteiger partial charge in [-0.05, 0) is 27.1 Å². The third kappa shape index (κ3) is 3.71. The summed E-state index contributed by atoms with van der Waals surface area (Å²) in [6, 6.07) is 0. The Labute approximate surface area is 96.0 Å².